The Balaban J connectivity index is 0.765. The Kier molecular flexibility index (Phi) is 21.9. The molecule has 37 unspecified atom stereocenters. The molecule has 95 heavy (non-hydrogen) atoms. The topological polar surface area (TPSA) is 492 Å². The zero-order valence-corrected chi connectivity index (χ0v) is 54.7. The van der Waals surface area contributed by atoms with E-state index in [1.165, 1.54) is 6.92 Å². The number of ether oxygens (including phenoxy) is 12. The molecule has 0 amide bonds. The van der Waals surface area contributed by atoms with Crippen molar-refractivity contribution >= 4 is 5.97 Å². The smallest absolute Gasteiger partial charge is 0.315 e. The number of carbonyl (C=O) groups excluding carboxylic acids is 1. The van der Waals surface area contributed by atoms with Gasteiger partial charge in [0.15, 0.2) is 31.5 Å². The van der Waals surface area contributed by atoms with Crippen LogP contribution in [0.1, 0.15) is 113 Å². The van der Waals surface area contributed by atoms with Crippen molar-refractivity contribution in [2.45, 2.75) is 291 Å². The summed E-state index contributed by atoms with van der Waals surface area (Å²) >= 11 is 0. The molecule has 0 bridgehead atoms. The minimum absolute atomic E-state index is 0.0669. The average molecular weight is 1370 g/mol. The van der Waals surface area contributed by atoms with E-state index < -0.39 is 232 Å². The molecule has 546 valence electrons. The van der Waals surface area contributed by atoms with Crippen LogP contribution in [0.5, 0.6) is 0 Å². The van der Waals surface area contributed by atoms with Crippen molar-refractivity contribution in [1.29, 1.82) is 0 Å². The fourth-order valence-electron chi connectivity index (χ4n) is 18.7. The number of carbonyl (C=O) groups is 1. The van der Waals surface area contributed by atoms with Gasteiger partial charge in [0.25, 0.3) is 0 Å². The average Bonchev–Trinajstić information content (AvgIpc) is 0.675. The van der Waals surface area contributed by atoms with Crippen LogP contribution in [0.15, 0.2) is 11.6 Å². The maximum absolute atomic E-state index is 15.2. The van der Waals surface area contributed by atoms with Gasteiger partial charge in [-0.05, 0) is 111 Å². The van der Waals surface area contributed by atoms with Crippen LogP contribution in [0.4, 0.5) is 0 Å². The third-order valence-electron chi connectivity index (χ3n) is 25.0. The molecule has 11 rings (SSSR count). The van der Waals surface area contributed by atoms with E-state index in [4.69, 9.17) is 56.8 Å². The van der Waals surface area contributed by atoms with Crippen LogP contribution in [0.25, 0.3) is 0 Å². The van der Waals surface area contributed by atoms with E-state index in [0.29, 0.717) is 57.8 Å². The van der Waals surface area contributed by atoms with Crippen molar-refractivity contribution in [3.63, 3.8) is 0 Å². The number of fused-ring (bicyclic) bond motifs is 7. The van der Waals surface area contributed by atoms with E-state index in [9.17, 15) is 91.9 Å². The second-order valence-electron chi connectivity index (χ2n) is 30.9. The lowest BCUT2D eigenvalue weighted by molar-refractivity contribution is -0.383. The number of aliphatic hydroxyl groups is 18. The Labute approximate surface area is 550 Å². The lowest BCUT2D eigenvalue weighted by Crippen LogP contribution is -2.67. The molecule has 31 nitrogen and oxygen atoms in total. The summed E-state index contributed by atoms with van der Waals surface area (Å²) in [5, 5.41) is 195. The first-order chi connectivity index (χ1) is 44.6. The molecule has 0 aromatic rings. The molecule has 18 N–H and O–H groups in total. The second kappa shape index (κ2) is 28.0. The van der Waals surface area contributed by atoms with Gasteiger partial charge in [-0.25, -0.2) is 0 Å². The molecule has 31 heteroatoms. The van der Waals surface area contributed by atoms with Crippen LogP contribution >= 0.6 is 0 Å². The summed E-state index contributed by atoms with van der Waals surface area (Å²) in [6.45, 7) is 11.4. The summed E-state index contributed by atoms with van der Waals surface area (Å²) in [4.78, 5) is 15.2. The Morgan fingerprint density at radius 1 is 0.516 bits per heavy atom. The van der Waals surface area contributed by atoms with Gasteiger partial charge in [0.05, 0.1) is 57.3 Å². The predicted molar refractivity (Wildman–Crippen MR) is 316 cm³/mol. The van der Waals surface area contributed by atoms with Crippen molar-refractivity contribution in [2.24, 2.45) is 50.2 Å². The Hall–Kier alpha value is -1.95. The van der Waals surface area contributed by atoms with Gasteiger partial charge in [-0.3, -0.25) is 4.79 Å². The van der Waals surface area contributed by atoms with Crippen LogP contribution in [0.3, 0.4) is 0 Å². The highest BCUT2D eigenvalue weighted by molar-refractivity contribution is 5.79. The molecule has 0 aromatic carbocycles. The van der Waals surface area contributed by atoms with Gasteiger partial charge in [-0.1, -0.05) is 53.2 Å². The maximum Gasteiger partial charge on any atom is 0.315 e. The van der Waals surface area contributed by atoms with Gasteiger partial charge in [0.2, 0.25) is 6.29 Å². The zero-order chi connectivity index (χ0) is 69.1. The quantitative estimate of drug-likeness (QED) is 0.0390. The lowest BCUT2D eigenvalue weighted by atomic mass is 9.33. The summed E-state index contributed by atoms with van der Waals surface area (Å²) in [6, 6.07) is 0. The fourth-order valence-corrected chi connectivity index (χ4v) is 18.7. The van der Waals surface area contributed by atoms with Gasteiger partial charge >= 0.3 is 5.97 Å². The Morgan fingerprint density at radius 2 is 1.08 bits per heavy atom. The highest BCUT2D eigenvalue weighted by atomic mass is 16.8. The third-order valence-corrected chi connectivity index (χ3v) is 25.0. The summed E-state index contributed by atoms with van der Waals surface area (Å²) < 4.78 is 71.1. The summed E-state index contributed by atoms with van der Waals surface area (Å²) in [7, 11) is 0. The van der Waals surface area contributed by atoms with Gasteiger partial charge in [-0.15, -0.1) is 0 Å². The molecule has 5 aliphatic carbocycles. The van der Waals surface area contributed by atoms with E-state index in [0.717, 1.165) is 12.0 Å². The van der Waals surface area contributed by atoms with Crippen molar-refractivity contribution in [2.75, 3.05) is 39.6 Å². The van der Waals surface area contributed by atoms with Crippen LogP contribution in [-0.2, 0) is 61.6 Å². The van der Waals surface area contributed by atoms with Gasteiger partial charge < -0.3 is 149 Å². The Bertz CT molecular complexity index is 2660. The molecule has 6 heterocycles. The van der Waals surface area contributed by atoms with E-state index >= 15 is 4.79 Å². The van der Waals surface area contributed by atoms with E-state index in [1.807, 2.05) is 6.92 Å². The van der Waals surface area contributed by atoms with Crippen LogP contribution < -0.4 is 0 Å². The number of hydrogen-bond acceptors (Lipinski definition) is 31. The predicted octanol–water partition coefficient (Wildman–Crippen LogP) is -5.11. The first kappa shape index (κ1) is 74.2. The second-order valence-corrected chi connectivity index (χ2v) is 30.9. The molecule has 0 aromatic heterocycles. The summed E-state index contributed by atoms with van der Waals surface area (Å²) in [5.41, 5.74) is -2.21. The van der Waals surface area contributed by atoms with Crippen molar-refractivity contribution < 1.29 is 154 Å². The minimum Gasteiger partial charge on any atom is -0.432 e. The molecular weight excluding hydrogens is 1260 g/mol. The number of allylic oxidation sites excluding steroid dienone is 2. The highest BCUT2D eigenvalue weighted by Gasteiger charge is 2.71. The summed E-state index contributed by atoms with van der Waals surface area (Å²) in [5.74, 6) is -1.00. The van der Waals surface area contributed by atoms with Crippen molar-refractivity contribution in [3.05, 3.63) is 11.6 Å². The summed E-state index contributed by atoms with van der Waals surface area (Å²) in [6.07, 6.45) is -38.8. The SMILES string of the molecule is CC1OC(OC2C(OC3CCC4(C)C(CCC5(C)C4CC=C4C6CC(C)(C)CCC6(C(=O)OC6OC(COC7OC(CO)C(O)C(O)C7O)C(O)C(O)C6O)CCC45C)C3(C)CO)OCC(O)C2O)C(O)C(OC2OCC(OC3OC(CO)C(O)C(O)C3O)C(O)C2O)C1O. The lowest BCUT2D eigenvalue weighted by Gasteiger charge is -2.71. The van der Waals surface area contributed by atoms with Gasteiger partial charge in [0.1, 0.15) is 128 Å². The molecule has 4 saturated carbocycles. The monoisotopic (exact) mass is 1370 g/mol. The molecule has 0 radical (unpaired) electrons. The van der Waals surface area contributed by atoms with E-state index in [2.05, 4.69) is 40.7 Å². The van der Waals surface area contributed by atoms with Crippen LogP contribution in [0.2, 0.25) is 0 Å². The first-order valence-corrected chi connectivity index (χ1v) is 33.7. The standard InChI is InChI=1S/C64H104O31/c1-25-36(69)50(93-53-45(78)41(74)32(23-86-53)90-54-47(80)43(76)39(72)30(20-66)89-54)49(82)56(87-25)94-51-37(70)28(68)21-84-57(51)92-35-11-12-60(4)33(61(35,5)24-67)10-13-63(7)34(60)9-8-26-27-18-59(2,3)14-16-64(27,17-15-62(26,63)6)58(83)95-55-48(81)44(77)40(73)31(91-55)22-85-52-46(79)42(75)38(71)29(19-65)88-52/h8,25,27-57,65-82H,9-24H2,1-7H3. The minimum atomic E-state index is -1.93. The molecule has 10 fully saturated rings. The molecule has 6 saturated heterocycles. The van der Waals surface area contributed by atoms with Crippen LogP contribution in [0, 0.1) is 50.2 Å². The maximum atomic E-state index is 15.2. The first-order valence-electron chi connectivity index (χ1n) is 33.7. The normalized spacial score (nSPS) is 54.8. The molecule has 0 spiro atoms. The number of esters is 1. The van der Waals surface area contributed by atoms with E-state index in [1.54, 1.807) is 0 Å². The van der Waals surface area contributed by atoms with Crippen molar-refractivity contribution in [1.82, 2.24) is 0 Å². The zero-order valence-electron chi connectivity index (χ0n) is 54.7. The molecule has 6 aliphatic heterocycles. The molecule has 37 atom stereocenters. The van der Waals surface area contributed by atoms with Crippen molar-refractivity contribution in [3.8, 4) is 0 Å². The highest BCUT2D eigenvalue weighted by Crippen LogP contribution is 2.76. The van der Waals surface area contributed by atoms with E-state index in [-0.39, 0.29) is 41.8 Å². The largest absolute Gasteiger partial charge is 0.432 e. The fraction of sp³-hybridized carbons (Fsp3) is 0.953. The van der Waals surface area contributed by atoms with Gasteiger partial charge in [0, 0.05) is 5.41 Å². The van der Waals surface area contributed by atoms with Gasteiger partial charge in [-0.2, -0.15) is 0 Å². The number of aliphatic hydroxyl groups excluding tert-OH is 18. The molecule has 11 aliphatic rings. The Morgan fingerprint density at radius 3 is 1.74 bits per heavy atom. The van der Waals surface area contributed by atoms with Crippen LogP contribution in [-0.4, -0.2) is 316 Å². The number of rotatable bonds is 16. The molecular formula is C64H104O31. The number of hydrogen-bond donors (Lipinski definition) is 18. The third kappa shape index (κ3) is 12.8.